The SMILES string of the molecule is CC1(CN)CCN(C2CCN(CC(F)(F)F)C2=O)C1. The van der Waals surface area contributed by atoms with Gasteiger partial charge in [0.25, 0.3) is 0 Å². The Morgan fingerprint density at radius 3 is 2.63 bits per heavy atom. The van der Waals surface area contributed by atoms with Crippen molar-refractivity contribution < 1.29 is 18.0 Å². The van der Waals surface area contributed by atoms with E-state index < -0.39 is 24.7 Å². The Kier molecular flexibility index (Phi) is 3.79. The average molecular weight is 279 g/mol. The number of carbonyl (C=O) groups excluding carboxylic acids is 1. The van der Waals surface area contributed by atoms with Crippen LogP contribution in [0.15, 0.2) is 0 Å². The minimum atomic E-state index is -4.32. The maximum absolute atomic E-state index is 12.3. The van der Waals surface area contributed by atoms with Gasteiger partial charge in [-0.25, -0.2) is 0 Å². The average Bonchev–Trinajstić information content (AvgIpc) is 2.84. The first kappa shape index (κ1) is 14.6. The number of halogens is 3. The van der Waals surface area contributed by atoms with Crippen LogP contribution >= 0.6 is 0 Å². The van der Waals surface area contributed by atoms with E-state index in [2.05, 4.69) is 6.92 Å². The lowest BCUT2D eigenvalue weighted by molar-refractivity contribution is -0.159. The fourth-order valence-electron chi connectivity index (χ4n) is 2.93. The van der Waals surface area contributed by atoms with E-state index >= 15 is 0 Å². The van der Waals surface area contributed by atoms with E-state index in [0.29, 0.717) is 19.5 Å². The first-order valence-corrected chi connectivity index (χ1v) is 6.54. The summed E-state index contributed by atoms with van der Waals surface area (Å²) in [6.45, 7) is 3.09. The molecule has 0 spiro atoms. The van der Waals surface area contributed by atoms with Gasteiger partial charge in [-0.1, -0.05) is 6.92 Å². The lowest BCUT2D eigenvalue weighted by Crippen LogP contribution is -2.44. The number of likely N-dealkylation sites (tertiary alicyclic amines) is 2. The highest BCUT2D eigenvalue weighted by Gasteiger charge is 2.44. The number of alkyl halides is 3. The van der Waals surface area contributed by atoms with Crippen LogP contribution in [0.25, 0.3) is 0 Å². The molecule has 2 aliphatic heterocycles. The zero-order valence-corrected chi connectivity index (χ0v) is 11.0. The molecule has 0 aromatic heterocycles. The minimum absolute atomic E-state index is 0.0161. The molecule has 0 aromatic carbocycles. The topological polar surface area (TPSA) is 49.6 Å². The van der Waals surface area contributed by atoms with Gasteiger partial charge in [0.2, 0.25) is 5.91 Å². The Balaban J connectivity index is 1.96. The molecule has 0 saturated carbocycles. The molecule has 2 N–H and O–H groups in total. The van der Waals surface area contributed by atoms with Gasteiger partial charge in [-0.2, -0.15) is 13.2 Å². The molecule has 2 atom stereocenters. The smallest absolute Gasteiger partial charge is 0.332 e. The fourth-order valence-corrected chi connectivity index (χ4v) is 2.93. The number of rotatable bonds is 3. The van der Waals surface area contributed by atoms with Crippen molar-refractivity contribution >= 4 is 5.91 Å². The summed E-state index contributed by atoms with van der Waals surface area (Å²) in [6.07, 6.45) is -2.94. The number of hydrogen-bond acceptors (Lipinski definition) is 3. The number of carbonyl (C=O) groups is 1. The highest BCUT2D eigenvalue weighted by molar-refractivity contribution is 5.84. The summed E-state index contributed by atoms with van der Waals surface area (Å²) < 4.78 is 37.0. The van der Waals surface area contributed by atoms with Crippen LogP contribution in [-0.2, 0) is 4.79 Å². The Morgan fingerprint density at radius 2 is 2.11 bits per heavy atom. The van der Waals surface area contributed by atoms with Crippen LogP contribution in [0.3, 0.4) is 0 Å². The second-order valence-corrected chi connectivity index (χ2v) is 5.91. The van der Waals surface area contributed by atoms with Crippen molar-refractivity contribution in [3.05, 3.63) is 0 Å². The van der Waals surface area contributed by atoms with Gasteiger partial charge in [0, 0.05) is 13.1 Å². The standard InChI is InChI=1S/C12H20F3N3O/c1-11(6-16)3-5-17(7-11)9-2-4-18(10(9)19)8-12(13,14)15/h9H,2-8,16H2,1H3. The van der Waals surface area contributed by atoms with E-state index in [-0.39, 0.29) is 12.0 Å². The van der Waals surface area contributed by atoms with Crippen molar-refractivity contribution in [2.45, 2.75) is 32.0 Å². The summed E-state index contributed by atoms with van der Waals surface area (Å²) >= 11 is 0. The molecule has 2 unspecified atom stereocenters. The Bertz CT molecular complexity index is 361. The summed E-state index contributed by atoms with van der Waals surface area (Å²) in [5, 5.41) is 0. The molecule has 0 aliphatic carbocycles. The van der Waals surface area contributed by atoms with Crippen LogP contribution < -0.4 is 5.73 Å². The van der Waals surface area contributed by atoms with Crippen molar-refractivity contribution in [2.24, 2.45) is 11.1 Å². The highest BCUT2D eigenvalue weighted by atomic mass is 19.4. The van der Waals surface area contributed by atoms with Gasteiger partial charge in [0.05, 0.1) is 6.04 Å². The van der Waals surface area contributed by atoms with Gasteiger partial charge in [-0.05, 0) is 31.3 Å². The molecule has 4 nitrogen and oxygen atoms in total. The van der Waals surface area contributed by atoms with E-state index in [1.165, 1.54) is 0 Å². The summed E-state index contributed by atoms with van der Waals surface area (Å²) in [5.74, 6) is -0.390. The Labute approximate surface area is 110 Å². The molecule has 19 heavy (non-hydrogen) atoms. The highest BCUT2D eigenvalue weighted by Crippen LogP contribution is 2.33. The molecule has 2 rings (SSSR count). The first-order valence-electron chi connectivity index (χ1n) is 6.54. The summed E-state index contributed by atoms with van der Waals surface area (Å²) in [6, 6.07) is -0.393. The van der Waals surface area contributed by atoms with Gasteiger partial charge in [-0.15, -0.1) is 0 Å². The third-order valence-electron chi connectivity index (χ3n) is 4.16. The van der Waals surface area contributed by atoms with Crippen LogP contribution in [-0.4, -0.2) is 60.6 Å². The van der Waals surface area contributed by atoms with Crippen LogP contribution in [0, 0.1) is 5.41 Å². The van der Waals surface area contributed by atoms with Crippen molar-refractivity contribution in [3.8, 4) is 0 Å². The van der Waals surface area contributed by atoms with Crippen molar-refractivity contribution in [3.63, 3.8) is 0 Å². The van der Waals surface area contributed by atoms with Crippen LogP contribution in [0.2, 0.25) is 0 Å². The number of amides is 1. The second kappa shape index (κ2) is 4.94. The zero-order valence-electron chi connectivity index (χ0n) is 11.0. The largest absolute Gasteiger partial charge is 0.406 e. The number of nitrogens with zero attached hydrogens (tertiary/aromatic N) is 2. The molecule has 2 fully saturated rings. The van der Waals surface area contributed by atoms with Gasteiger partial charge < -0.3 is 10.6 Å². The van der Waals surface area contributed by atoms with Crippen molar-refractivity contribution in [2.75, 3.05) is 32.7 Å². The third-order valence-corrected chi connectivity index (χ3v) is 4.16. The van der Waals surface area contributed by atoms with Crippen LogP contribution in [0.1, 0.15) is 19.8 Å². The van der Waals surface area contributed by atoms with E-state index in [1.54, 1.807) is 0 Å². The summed E-state index contributed by atoms with van der Waals surface area (Å²) in [5.41, 5.74) is 5.69. The predicted octanol–water partition coefficient (Wildman–Crippen LogP) is 0.820. The molecular weight excluding hydrogens is 259 g/mol. The van der Waals surface area contributed by atoms with Gasteiger partial charge in [0.1, 0.15) is 6.54 Å². The summed E-state index contributed by atoms with van der Waals surface area (Å²) in [7, 11) is 0. The predicted molar refractivity (Wildman–Crippen MR) is 64.4 cm³/mol. The number of hydrogen-bond donors (Lipinski definition) is 1. The molecule has 0 radical (unpaired) electrons. The van der Waals surface area contributed by atoms with E-state index in [9.17, 15) is 18.0 Å². The van der Waals surface area contributed by atoms with Crippen LogP contribution in [0.4, 0.5) is 13.2 Å². The molecule has 1 amide bonds. The molecule has 0 aromatic rings. The number of nitrogens with two attached hydrogens (primary N) is 1. The fraction of sp³-hybridized carbons (Fsp3) is 0.917. The molecule has 2 aliphatic rings. The molecule has 2 saturated heterocycles. The van der Waals surface area contributed by atoms with Gasteiger partial charge >= 0.3 is 6.18 Å². The first-order chi connectivity index (χ1) is 8.74. The molecule has 0 bridgehead atoms. The monoisotopic (exact) mass is 279 g/mol. The minimum Gasteiger partial charge on any atom is -0.332 e. The van der Waals surface area contributed by atoms with Crippen molar-refractivity contribution in [1.82, 2.24) is 9.80 Å². The van der Waals surface area contributed by atoms with E-state index in [0.717, 1.165) is 17.9 Å². The Morgan fingerprint density at radius 1 is 1.42 bits per heavy atom. The zero-order chi connectivity index (χ0) is 14.3. The van der Waals surface area contributed by atoms with E-state index in [4.69, 9.17) is 5.73 Å². The summed E-state index contributed by atoms with van der Waals surface area (Å²) in [4.78, 5) is 14.9. The lowest BCUT2D eigenvalue weighted by Gasteiger charge is -2.26. The van der Waals surface area contributed by atoms with E-state index in [1.807, 2.05) is 4.90 Å². The third kappa shape index (κ3) is 3.20. The molecular formula is C12H20F3N3O. The maximum Gasteiger partial charge on any atom is 0.406 e. The van der Waals surface area contributed by atoms with Crippen LogP contribution in [0.5, 0.6) is 0 Å². The van der Waals surface area contributed by atoms with Crippen molar-refractivity contribution in [1.29, 1.82) is 0 Å². The normalized spacial score (nSPS) is 33.4. The van der Waals surface area contributed by atoms with Gasteiger partial charge in [-0.3, -0.25) is 9.69 Å². The van der Waals surface area contributed by atoms with Gasteiger partial charge in [0.15, 0.2) is 0 Å². The lowest BCUT2D eigenvalue weighted by atomic mass is 9.90. The molecule has 110 valence electrons. The Hall–Kier alpha value is -0.820. The maximum atomic E-state index is 12.3. The second-order valence-electron chi connectivity index (χ2n) is 5.91. The molecule has 7 heteroatoms. The molecule has 2 heterocycles. The quantitative estimate of drug-likeness (QED) is 0.832.